The van der Waals surface area contributed by atoms with Crippen LogP contribution in [0.5, 0.6) is 0 Å². The molecule has 0 saturated carbocycles. The van der Waals surface area contributed by atoms with Crippen LogP contribution in [0.25, 0.3) is 0 Å². The number of ketones is 1. The van der Waals surface area contributed by atoms with Gasteiger partial charge in [-0.05, 0) is 0 Å². The Morgan fingerprint density at radius 3 is 2.30 bits per heavy atom. The Bertz CT molecular complexity index is 135. The zero-order valence-corrected chi connectivity index (χ0v) is 6.85. The standard InChI is InChI=1S/C7H15N2O/c1-9(2,3)5-4-7(10)6-8/h6,8H,4-5H2,1-3H3/q+1. The summed E-state index contributed by atoms with van der Waals surface area (Å²) in [5.74, 6) is -0.0898. The van der Waals surface area contributed by atoms with Crippen LogP contribution >= 0.6 is 0 Å². The van der Waals surface area contributed by atoms with Crippen molar-refractivity contribution < 1.29 is 9.28 Å². The SMILES string of the molecule is C[N+](C)(C)CCC(=O)C=N. The Hall–Kier alpha value is -0.700. The first-order chi connectivity index (χ1) is 4.45. The number of hydrogen-bond donors (Lipinski definition) is 1. The van der Waals surface area contributed by atoms with Crippen LogP contribution in [0.2, 0.25) is 0 Å². The molecule has 0 aromatic rings. The summed E-state index contributed by atoms with van der Waals surface area (Å²) in [6.45, 7) is 0.800. The topological polar surface area (TPSA) is 40.9 Å². The highest BCUT2D eigenvalue weighted by Gasteiger charge is 2.08. The van der Waals surface area contributed by atoms with E-state index < -0.39 is 0 Å². The van der Waals surface area contributed by atoms with Gasteiger partial charge in [0.1, 0.15) is 0 Å². The van der Waals surface area contributed by atoms with Gasteiger partial charge in [0.15, 0.2) is 5.78 Å². The Morgan fingerprint density at radius 2 is 2.00 bits per heavy atom. The van der Waals surface area contributed by atoms with Crippen molar-refractivity contribution in [1.29, 1.82) is 5.41 Å². The molecule has 0 saturated heterocycles. The summed E-state index contributed by atoms with van der Waals surface area (Å²) in [6.07, 6.45) is 1.36. The lowest BCUT2D eigenvalue weighted by molar-refractivity contribution is -0.869. The summed E-state index contributed by atoms with van der Waals surface area (Å²) < 4.78 is 0.777. The minimum Gasteiger partial charge on any atom is -0.331 e. The number of Topliss-reactive ketones (excluding diaryl/α,β-unsaturated/α-hetero) is 1. The molecule has 0 unspecified atom stereocenters. The number of nitrogens with zero attached hydrogens (tertiary/aromatic N) is 1. The van der Waals surface area contributed by atoms with E-state index in [1.54, 1.807) is 0 Å². The molecule has 0 aromatic carbocycles. The molecule has 0 rings (SSSR count). The van der Waals surface area contributed by atoms with Crippen molar-refractivity contribution in [2.45, 2.75) is 6.42 Å². The van der Waals surface area contributed by atoms with Crippen molar-refractivity contribution in [2.75, 3.05) is 27.7 Å². The first-order valence-electron chi connectivity index (χ1n) is 3.29. The molecule has 0 heterocycles. The predicted octanol–water partition coefficient (Wildman–Crippen LogP) is 0.301. The lowest BCUT2D eigenvalue weighted by Gasteiger charge is -2.22. The van der Waals surface area contributed by atoms with E-state index in [4.69, 9.17) is 5.41 Å². The van der Waals surface area contributed by atoms with Gasteiger partial charge in [-0.25, -0.2) is 0 Å². The van der Waals surface area contributed by atoms with Crippen LogP contribution in [-0.2, 0) is 4.79 Å². The Balaban J connectivity index is 3.55. The molecule has 3 nitrogen and oxygen atoms in total. The van der Waals surface area contributed by atoms with Gasteiger partial charge in [0.25, 0.3) is 0 Å². The monoisotopic (exact) mass is 143 g/mol. The van der Waals surface area contributed by atoms with Crippen molar-refractivity contribution >= 4 is 12.0 Å². The van der Waals surface area contributed by atoms with Gasteiger partial charge in [-0.3, -0.25) is 4.79 Å². The van der Waals surface area contributed by atoms with Gasteiger partial charge < -0.3 is 9.89 Å². The van der Waals surface area contributed by atoms with Gasteiger partial charge in [-0.15, -0.1) is 0 Å². The second-order valence-corrected chi connectivity index (χ2v) is 3.37. The number of quaternary nitrogens is 1. The van der Waals surface area contributed by atoms with E-state index >= 15 is 0 Å². The summed E-state index contributed by atoms with van der Waals surface area (Å²) in [4.78, 5) is 10.6. The molecule has 0 fully saturated rings. The molecular formula is C7H15N2O+. The van der Waals surface area contributed by atoms with Crippen LogP contribution in [0.3, 0.4) is 0 Å². The van der Waals surface area contributed by atoms with Crippen LogP contribution in [0.4, 0.5) is 0 Å². The third-order valence-corrected chi connectivity index (χ3v) is 1.19. The van der Waals surface area contributed by atoms with Crippen molar-refractivity contribution in [1.82, 2.24) is 0 Å². The van der Waals surface area contributed by atoms with E-state index in [-0.39, 0.29) is 5.78 Å². The Labute approximate surface area is 61.7 Å². The molecule has 0 aliphatic heterocycles. The molecule has 0 aromatic heterocycles. The molecule has 0 bridgehead atoms. The molecule has 0 atom stereocenters. The lowest BCUT2D eigenvalue weighted by Crippen LogP contribution is -2.36. The fraction of sp³-hybridized carbons (Fsp3) is 0.714. The third kappa shape index (κ3) is 5.44. The molecule has 10 heavy (non-hydrogen) atoms. The number of hydrogen-bond acceptors (Lipinski definition) is 2. The molecule has 0 aliphatic carbocycles. The van der Waals surface area contributed by atoms with Gasteiger partial charge in [0.05, 0.1) is 40.3 Å². The van der Waals surface area contributed by atoms with Gasteiger partial charge in [-0.1, -0.05) is 0 Å². The van der Waals surface area contributed by atoms with Gasteiger partial charge in [0, 0.05) is 0 Å². The highest BCUT2D eigenvalue weighted by molar-refractivity contribution is 6.26. The first kappa shape index (κ1) is 9.30. The predicted molar refractivity (Wildman–Crippen MR) is 41.3 cm³/mol. The van der Waals surface area contributed by atoms with E-state index in [1.165, 1.54) is 0 Å². The second-order valence-electron chi connectivity index (χ2n) is 3.37. The van der Waals surface area contributed by atoms with Crippen LogP contribution < -0.4 is 0 Å². The van der Waals surface area contributed by atoms with Gasteiger partial charge in [0.2, 0.25) is 0 Å². The highest BCUT2D eigenvalue weighted by Crippen LogP contribution is 1.92. The Morgan fingerprint density at radius 1 is 1.50 bits per heavy atom. The molecule has 0 aliphatic rings. The van der Waals surface area contributed by atoms with Crippen LogP contribution in [-0.4, -0.2) is 44.2 Å². The van der Waals surface area contributed by atoms with E-state index in [0.717, 1.165) is 17.2 Å². The van der Waals surface area contributed by atoms with Crippen LogP contribution in [0, 0.1) is 5.41 Å². The van der Waals surface area contributed by atoms with Crippen molar-refractivity contribution in [3.05, 3.63) is 0 Å². The van der Waals surface area contributed by atoms with E-state index in [1.807, 2.05) is 21.1 Å². The lowest BCUT2D eigenvalue weighted by atomic mass is 10.3. The average Bonchev–Trinajstić information content (AvgIpc) is 1.81. The van der Waals surface area contributed by atoms with Gasteiger partial charge in [-0.2, -0.15) is 0 Å². The summed E-state index contributed by atoms with van der Waals surface area (Å²) in [5.41, 5.74) is 0. The molecule has 0 spiro atoms. The molecule has 3 heteroatoms. The van der Waals surface area contributed by atoms with Crippen molar-refractivity contribution in [3.63, 3.8) is 0 Å². The second kappa shape index (κ2) is 3.46. The zero-order chi connectivity index (χ0) is 8.20. The van der Waals surface area contributed by atoms with E-state index in [0.29, 0.717) is 6.42 Å². The summed E-state index contributed by atoms with van der Waals surface area (Å²) in [5, 5.41) is 6.64. The van der Waals surface area contributed by atoms with E-state index in [2.05, 4.69) is 0 Å². The quantitative estimate of drug-likeness (QED) is 0.446. The zero-order valence-electron chi connectivity index (χ0n) is 6.85. The van der Waals surface area contributed by atoms with Gasteiger partial charge >= 0.3 is 0 Å². The summed E-state index contributed by atoms with van der Waals surface area (Å²) in [6, 6.07) is 0. The summed E-state index contributed by atoms with van der Waals surface area (Å²) >= 11 is 0. The van der Waals surface area contributed by atoms with E-state index in [9.17, 15) is 4.79 Å². The number of carbonyl (C=O) groups is 1. The largest absolute Gasteiger partial charge is 0.331 e. The molecular weight excluding hydrogens is 128 g/mol. The molecule has 58 valence electrons. The molecule has 0 radical (unpaired) electrons. The minimum absolute atomic E-state index is 0.0898. The van der Waals surface area contributed by atoms with Crippen LogP contribution in [0.1, 0.15) is 6.42 Å². The highest BCUT2D eigenvalue weighted by atomic mass is 16.1. The smallest absolute Gasteiger partial charge is 0.178 e. The average molecular weight is 143 g/mol. The van der Waals surface area contributed by atoms with Crippen molar-refractivity contribution in [3.8, 4) is 0 Å². The number of nitrogens with one attached hydrogen (secondary N) is 1. The maximum atomic E-state index is 10.6. The minimum atomic E-state index is -0.0898. The maximum absolute atomic E-state index is 10.6. The Kier molecular flexibility index (Phi) is 3.22. The molecule has 0 amide bonds. The normalized spacial score (nSPS) is 11.1. The molecule has 1 N–H and O–H groups in total. The third-order valence-electron chi connectivity index (χ3n) is 1.19. The van der Waals surface area contributed by atoms with Crippen LogP contribution in [0.15, 0.2) is 0 Å². The van der Waals surface area contributed by atoms with Crippen molar-refractivity contribution in [2.24, 2.45) is 0 Å². The summed E-state index contributed by atoms with van der Waals surface area (Å²) in [7, 11) is 6.08. The first-order valence-corrected chi connectivity index (χ1v) is 3.29. The number of rotatable bonds is 4. The fourth-order valence-electron chi connectivity index (χ4n) is 0.518. The maximum Gasteiger partial charge on any atom is 0.178 e. The number of carbonyl (C=O) groups excluding carboxylic acids is 1. The fourth-order valence-corrected chi connectivity index (χ4v) is 0.518.